The van der Waals surface area contributed by atoms with Crippen molar-refractivity contribution < 1.29 is 14.3 Å². The smallest absolute Gasteiger partial charge is 0.224 e. The number of hydrogen-bond donors (Lipinski definition) is 0. The van der Waals surface area contributed by atoms with E-state index in [0.717, 1.165) is 42.1 Å². The van der Waals surface area contributed by atoms with E-state index in [1.54, 1.807) is 14.0 Å². The Morgan fingerprint density at radius 3 is 2.05 bits per heavy atom. The normalized spacial score (nSPS) is 16.2. The van der Waals surface area contributed by atoms with Crippen LogP contribution in [0.5, 0.6) is 11.5 Å². The fraction of sp³-hybridized carbons (Fsp3) is 0.579. The fourth-order valence-electron chi connectivity index (χ4n) is 5.81. The van der Waals surface area contributed by atoms with Gasteiger partial charge in [-0.3, -0.25) is 9.79 Å². The number of ether oxygens (including phenoxy) is 2. The van der Waals surface area contributed by atoms with Gasteiger partial charge < -0.3 is 14.4 Å². The summed E-state index contributed by atoms with van der Waals surface area (Å²) in [6.07, 6.45) is 20.8. The Labute approximate surface area is 261 Å². The summed E-state index contributed by atoms with van der Waals surface area (Å²) in [7, 11) is 1.67. The maximum atomic E-state index is 12.7. The third-order valence-corrected chi connectivity index (χ3v) is 8.87. The molecule has 0 N–H and O–H groups in total. The van der Waals surface area contributed by atoms with Gasteiger partial charge in [-0.2, -0.15) is 0 Å². The quantitative estimate of drug-likeness (QED) is 0.145. The van der Waals surface area contributed by atoms with Crippen LogP contribution in [0.25, 0.3) is 0 Å². The molecule has 0 bridgehead atoms. The van der Waals surface area contributed by atoms with Crippen LogP contribution >= 0.6 is 0 Å². The van der Waals surface area contributed by atoms with E-state index < -0.39 is 0 Å². The lowest BCUT2D eigenvalue weighted by atomic mass is 9.76. The molecule has 0 saturated heterocycles. The number of aliphatic imine (C=N–C) groups is 1. The third-order valence-electron chi connectivity index (χ3n) is 8.87. The highest BCUT2D eigenvalue weighted by atomic mass is 16.5. The molecular formula is C38H56N2O3. The average molecular weight is 589 g/mol. The van der Waals surface area contributed by atoms with Gasteiger partial charge in [0.2, 0.25) is 5.91 Å². The van der Waals surface area contributed by atoms with E-state index in [-0.39, 0.29) is 11.3 Å². The number of hydrogen-bond acceptors (Lipinski definition) is 4. The van der Waals surface area contributed by atoms with Gasteiger partial charge in [0.05, 0.1) is 20.3 Å². The van der Waals surface area contributed by atoms with Gasteiger partial charge in [-0.25, -0.2) is 0 Å². The van der Waals surface area contributed by atoms with Crippen molar-refractivity contribution >= 4 is 17.8 Å². The van der Waals surface area contributed by atoms with Crippen LogP contribution in [0.1, 0.15) is 116 Å². The molecule has 0 saturated carbocycles. The fourth-order valence-corrected chi connectivity index (χ4v) is 5.81. The van der Waals surface area contributed by atoms with E-state index in [0.29, 0.717) is 13.2 Å². The van der Waals surface area contributed by atoms with Crippen molar-refractivity contribution in [2.75, 3.05) is 25.2 Å². The molecule has 1 aliphatic rings. The van der Waals surface area contributed by atoms with Gasteiger partial charge in [0.1, 0.15) is 0 Å². The van der Waals surface area contributed by atoms with Crippen LogP contribution in [0.3, 0.4) is 0 Å². The Morgan fingerprint density at radius 1 is 0.860 bits per heavy atom. The van der Waals surface area contributed by atoms with Crippen molar-refractivity contribution in [3.8, 4) is 11.5 Å². The van der Waals surface area contributed by atoms with Crippen LogP contribution in [0.4, 0.5) is 5.69 Å². The first-order valence-electron chi connectivity index (χ1n) is 16.7. The molecule has 236 valence electrons. The summed E-state index contributed by atoms with van der Waals surface area (Å²) < 4.78 is 11.7. The molecule has 2 aromatic rings. The zero-order valence-corrected chi connectivity index (χ0v) is 27.6. The minimum absolute atomic E-state index is 0.00915. The first-order chi connectivity index (χ1) is 20.9. The first kappa shape index (κ1) is 34.4. The summed E-state index contributed by atoms with van der Waals surface area (Å²) in [6, 6.07) is 14.4. The van der Waals surface area contributed by atoms with E-state index in [9.17, 15) is 4.79 Å². The monoisotopic (exact) mass is 588 g/mol. The number of carbonyl (C=O) groups excluding carboxylic acids is 1. The lowest BCUT2D eigenvalue weighted by molar-refractivity contribution is -0.116. The highest BCUT2D eigenvalue weighted by Crippen LogP contribution is 2.34. The standard InChI is InChI=1S/C38H56N2O3/c1-6-7-8-9-10-11-12-13-14-15-16-17-26-43-37-27-34(20-23-36(37)42-5)29-40(32(3)41)35-21-18-33(19-22-35)28-38(4)30-39-25-24-31(38)2/h18-25,27H,6-17,26,28-30H2,1-5H3. The predicted octanol–water partition coefficient (Wildman–Crippen LogP) is 9.91. The van der Waals surface area contributed by atoms with Gasteiger partial charge >= 0.3 is 0 Å². The molecule has 3 rings (SSSR count). The van der Waals surface area contributed by atoms with Gasteiger partial charge in [0.15, 0.2) is 11.5 Å². The minimum Gasteiger partial charge on any atom is -0.493 e. The third kappa shape index (κ3) is 11.5. The molecule has 5 heteroatoms. The van der Waals surface area contributed by atoms with Gasteiger partial charge in [-0.1, -0.05) is 108 Å². The molecule has 0 fully saturated rings. The van der Waals surface area contributed by atoms with Crippen molar-refractivity contribution in [1.29, 1.82) is 0 Å². The number of benzene rings is 2. The van der Waals surface area contributed by atoms with Crippen LogP contribution in [0.15, 0.2) is 59.1 Å². The van der Waals surface area contributed by atoms with Crippen LogP contribution in [-0.2, 0) is 17.8 Å². The second kappa shape index (κ2) is 18.6. The molecule has 0 aromatic heterocycles. The number of carbonyl (C=O) groups is 1. The SMILES string of the molecule is CCCCCCCCCCCCCCOc1cc(CN(C(C)=O)c2ccc(CC3(C)CN=CC=C3C)cc2)ccc1OC. The first-order valence-corrected chi connectivity index (χ1v) is 16.7. The molecule has 43 heavy (non-hydrogen) atoms. The number of nitrogens with zero attached hydrogens (tertiary/aromatic N) is 2. The van der Waals surface area contributed by atoms with E-state index >= 15 is 0 Å². The van der Waals surface area contributed by atoms with E-state index in [4.69, 9.17) is 9.47 Å². The van der Waals surface area contributed by atoms with Crippen molar-refractivity contribution in [2.45, 2.75) is 118 Å². The Bertz CT molecular complexity index is 1170. The number of methoxy groups -OCH3 is 1. The number of allylic oxidation sites excluding steroid dienone is 1. The second-order valence-corrected chi connectivity index (χ2v) is 12.6. The van der Waals surface area contributed by atoms with Crippen LogP contribution in [-0.4, -0.2) is 32.4 Å². The lowest BCUT2D eigenvalue weighted by Crippen LogP contribution is -2.28. The molecule has 0 spiro atoms. The summed E-state index contributed by atoms with van der Waals surface area (Å²) in [5, 5.41) is 0. The lowest BCUT2D eigenvalue weighted by Gasteiger charge is -2.31. The highest BCUT2D eigenvalue weighted by Gasteiger charge is 2.28. The molecule has 1 aliphatic heterocycles. The average Bonchev–Trinajstić information content (AvgIpc) is 3.00. The molecule has 1 atom stereocenters. The topological polar surface area (TPSA) is 51.1 Å². The van der Waals surface area contributed by atoms with Crippen LogP contribution in [0.2, 0.25) is 0 Å². The molecule has 2 aromatic carbocycles. The largest absolute Gasteiger partial charge is 0.493 e. The van der Waals surface area contributed by atoms with Crippen molar-refractivity contribution in [3.05, 3.63) is 65.2 Å². The van der Waals surface area contributed by atoms with Gasteiger partial charge in [-0.15, -0.1) is 0 Å². The van der Waals surface area contributed by atoms with Crippen LogP contribution < -0.4 is 14.4 Å². The Balaban J connectivity index is 1.47. The molecule has 1 amide bonds. The molecule has 0 radical (unpaired) electrons. The second-order valence-electron chi connectivity index (χ2n) is 12.6. The van der Waals surface area contributed by atoms with E-state index in [2.05, 4.69) is 56.1 Å². The van der Waals surface area contributed by atoms with E-state index in [1.165, 1.54) is 81.8 Å². The van der Waals surface area contributed by atoms with Crippen molar-refractivity contribution in [2.24, 2.45) is 10.4 Å². The number of rotatable bonds is 20. The molecule has 1 unspecified atom stereocenters. The minimum atomic E-state index is 0.00915. The number of amides is 1. The zero-order valence-electron chi connectivity index (χ0n) is 27.6. The maximum Gasteiger partial charge on any atom is 0.224 e. The highest BCUT2D eigenvalue weighted by molar-refractivity contribution is 5.91. The summed E-state index contributed by atoms with van der Waals surface area (Å²) in [4.78, 5) is 19.0. The number of anilines is 1. The van der Waals surface area contributed by atoms with Crippen LogP contribution in [0, 0.1) is 5.41 Å². The molecule has 1 heterocycles. The Morgan fingerprint density at radius 2 is 1.47 bits per heavy atom. The Hall–Kier alpha value is -3.08. The van der Waals surface area contributed by atoms with Gasteiger partial charge in [0.25, 0.3) is 0 Å². The van der Waals surface area contributed by atoms with E-state index in [1.807, 2.05) is 29.3 Å². The molecule has 5 nitrogen and oxygen atoms in total. The van der Waals surface area contributed by atoms with Gasteiger partial charge in [-0.05, 0) is 61.2 Å². The summed E-state index contributed by atoms with van der Waals surface area (Å²) >= 11 is 0. The summed E-state index contributed by atoms with van der Waals surface area (Å²) in [5.74, 6) is 1.48. The number of dihydropyridines is 1. The predicted molar refractivity (Wildman–Crippen MR) is 182 cm³/mol. The maximum absolute atomic E-state index is 12.7. The van der Waals surface area contributed by atoms with Crippen molar-refractivity contribution in [3.63, 3.8) is 0 Å². The molecule has 0 aliphatic carbocycles. The zero-order chi connectivity index (χ0) is 30.9. The number of unbranched alkanes of at least 4 members (excludes halogenated alkanes) is 11. The molecular weight excluding hydrogens is 532 g/mol. The van der Waals surface area contributed by atoms with Gasteiger partial charge in [0, 0.05) is 30.8 Å². The summed E-state index contributed by atoms with van der Waals surface area (Å²) in [5.41, 5.74) is 4.54. The van der Waals surface area contributed by atoms with Crippen molar-refractivity contribution in [1.82, 2.24) is 0 Å². The Kier molecular flexibility index (Phi) is 14.8. The summed E-state index contributed by atoms with van der Waals surface area (Å²) in [6.45, 7) is 10.3.